The van der Waals surface area contributed by atoms with E-state index in [1.54, 1.807) is 45.2 Å². The Morgan fingerprint density at radius 2 is 1.78 bits per heavy atom. The number of hydrogen-bond acceptors (Lipinski definition) is 10. The topological polar surface area (TPSA) is 154 Å². The highest BCUT2D eigenvalue weighted by Gasteiger charge is 2.60. The lowest BCUT2D eigenvalue weighted by molar-refractivity contribution is -0.174. The van der Waals surface area contributed by atoms with Gasteiger partial charge in [-0.05, 0) is 149 Å². The molecule has 0 saturated heterocycles. The second-order valence-corrected chi connectivity index (χ2v) is 20.2. The summed E-state index contributed by atoms with van der Waals surface area (Å²) in [4.78, 5) is 56.9. The molecule has 3 aliphatic carbocycles. The second kappa shape index (κ2) is 19.2. The Morgan fingerprint density at radius 3 is 2.44 bits per heavy atom. The van der Waals surface area contributed by atoms with Crippen LogP contribution in [0.4, 0.5) is 23.7 Å². The number of carbonyl (C=O) groups excluding carboxylic acids is 3. The number of halogens is 4. The number of benzene rings is 2. The maximum absolute atomic E-state index is 14.5. The summed E-state index contributed by atoms with van der Waals surface area (Å²) in [7, 11) is -2.21. The fourth-order valence-corrected chi connectivity index (χ4v) is 10.7. The molecule has 3 aliphatic rings. The lowest BCUT2D eigenvalue weighted by Crippen LogP contribution is -2.63. The number of methoxy groups -OCH3 is 1. The van der Waals surface area contributed by atoms with E-state index in [9.17, 15) is 37.0 Å². The largest absolute Gasteiger partial charge is 0.527 e. The third-order valence-corrected chi connectivity index (χ3v) is 13.9. The SMILES string of the molecule is COC(=O)C1(N(C(=O)C(F)(F)F)c2cccc(Cl)c2)CCC2(CC1)c1cc(OP(=O)(O)OCCN(C)C(=O)OC(C)(C)C)ccc1C[C@@H]2C[C@@H](C)COc1ccnc2c1[C@H](C)CCC2. The average molecular weight is 936 g/mol. The molecule has 1 spiro atoms. The summed E-state index contributed by atoms with van der Waals surface area (Å²) in [5, 5.41) is 0.0697. The Bertz CT molecular complexity index is 2250. The maximum Gasteiger partial charge on any atom is 0.527 e. The van der Waals surface area contributed by atoms with Gasteiger partial charge in [-0.3, -0.25) is 24.1 Å². The van der Waals surface area contributed by atoms with Gasteiger partial charge in [0.1, 0.15) is 22.6 Å². The number of amides is 2. The zero-order valence-corrected chi connectivity index (χ0v) is 39.0. The molecule has 0 radical (unpaired) electrons. The van der Waals surface area contributed by atoms with Crippen LogP contribution in [0.2, 0.25) is 5.02 Å². The molecule has 1 unspecified atom stereocenters. The van der Waals surface area contributed by atoms with Crippen LogP contribution in [0, 0.1) is 11.8 Å². The minimum Gasteiger partial charge on any atom is -0.493 e. The van der Waals surface area contributed by atoms with Gasteiger partial charge in [0.15, 0.2) is 0 Å². The highest BCUT2D eigenvalue weighted by molar-refractivity contribution is 7.47. The zero-order valence-electron chi connectivity index (χ0n) is 37.3. The number of hydrogen-bond donors (Lipinski definition) is 1. The van der Waals surface area contributed by atoms with E-state index in [1.807, 2.05) is 6.07 Å². The smallest absolute Gasteiger partial charge is 0.493 e. The lowest BCUT2D eigenvalue weighted by Gasteiger charge is -2.51. The van der Waals surface area contributed by atoms with E-state index in [4.69, 9.17) is 34.9 Å². The number of phosphoric ester groups is 1. The van der Waals surface area contributed by atoms with Gasteiger partial charge in [-0.15, -0.1) is 0 Å². The molecule has 0 bridgehead atoms. The third kappa shape index (κ3) is 10.8. The Balaban J connectivity index is 1.30. The summed E-state index contributed by atoms with van der Waals surface area (Å²) >= 11 is 6.24. The van der Waals surface area contributed by atoms with Crippen LogP contribution in [-0.2, 0) is 46.4 Å². The number of alkyl halides is 3. The number of aromatic nitrogens is 1. The van der Waals surface area contributed by atoms with Gasteiger partial charge in [0, 0.05) is 41.8 Å². The number of phosphoric acid groups is 1. The molecule has 64 heavy (non-hydrogen) atoms. The molecule has 1 fully saturated rings. The van der Waals surface area contributed by atoms with Gasteiger partial charge in [-0.1, -0.05) is 37.6 Å². The monoisotopic (exact) mass is 935 g/mol. The van der Waals surface area contributed by atoms with Crippen LogP contribution in [0.5, 0.6) is 11.5 Å². The molecule has 1 saturated carbocycles. The van der Waals surface area contributed by atoms with E-state index in [-0.39, 0.29) is 67.1 Å². The zero-order chi connectivity index (χ0) is 46.8. The molecule has 13 nitrogen and oxygen atoms in total. The van der Waals surface area contributed by atoms with Crippen molar-refractivity contribution in [3.05, 3.63) is 82.1 Å². The number of pyridine rings is 1. The summed E-state index contributed by atoms with van der Waals surface area (Å²) in [5.74, 6) is -2.26. The highest BCUT2D eigenvalue weighted by atomic mass is 35.5. The molecule has 350 valence electrons. The van der Waals surface area contributed by atoms with Gasteiger partial charge >= 0.3 is 32.0 Å². The first-order valence-electron chi connectivity index (χ1n) is 21.6. The molecule has 1 aromatic heterocycles. The third-order valence-electron chi connectivity index (χ3n) is 12.7. The van der Waals surface area contributed by atoms with Gasteiger partial charge in [0.2, 0.25) is 0 Å². The number of likely N-dealkylation sites (N-methyl/N-ethyl adjacent to an activating group) is 1. The predicted octanol–water partition coefficient (Wildman–Crippen LogP) is 10.1. The van der Waals surface area contributed by atoms with Gasteiger partial charge in [-0.2, -0.15) is 13.2 Å². The molecule has 2 amide bonds. The minimum atomic E-state index is -5.35. The van der Waals surface area contributed by atoms with Crippen molar-refractivity contribution in [1.29, 1.82) is 0 Å². The first-order chi connectivity index (χ1) is 30.0. The van der Waals surface area contributed by atoms with Crippen molar-refractivity contribution in [2.24, 2.45) is 11.8 Å². The van der Waals surface area contributed by atoms with Crippen LogP contribution in [0.1, 0.15) is 108 Å². The summed E-state index contributed by atoms with van der Waals surface area (Å²) in [5.41, 5.74) is 0.0231. The lowest BCUT2D eigenvalue weighted by atomic mass is 9.59. The number of aryl methyl sites for hydroxylation is 1. The van der Waals surface area contributed by atoms with Crippen LogP contribution in [0.15, 0.2) is 54.7 Å². The Morgan fingerprint density at radius 1 is 1.06 bits per heavy atom. The van der Waals surface area contributed by atoms with Crippen molar-refractivity contribution in [2.75, 3.05) is 38.8 Å². The normalized spacial score (nSPS) is 23.2. The maximum atomic E-state index is 14.5. The van der Waals surface area contributed by atoms with E-state index < -0.39 is 48.5 Å². The summed E-state index contributed by atoms with van der Waals surface area (Å²) in [6, 6.07) is 12.3. The Labute approximate surface area is 377 Å². The first kappa shape index (κ1) is 49.1. The van der Waals surface area contributed by atoms with Crippen LogP contribution in [0.3, 0.4) is 0 Å². The Kier molecular flexibility index (Phi) is 14.7. The molecule has 18 heteroatoms. The van der Waals surface area contributed by atoms with Crippen molar-refractivity contribution < 1.29 is 60.3 Å². The molecule has 0 aliphatic heterocycles. The standard InChI is InChI=1S/C46H58ClF3N3O10P/c1-29(28-60-38-16-21-51-37-13-8-10-30(2)39(37)38)24-32-25-31-14-15-35(63-64(57,58)61-23-22-52(6)42(56)62-43(3,4)5)27-36(31)44(32)17-19-45(20-18-44,41(55)59-7)53(40(54)46(48,49)50)34-12-9-11-33(47)26-34/h9,11-12,14-16,21,26-27,29-30,32H,8,10,13,17-20,22-25,28H2,1-7H3,(H,57,58)/t29-,30-,32+,44?,45?/m1/s1. The van der Waals surface area contributed by atoms with E-state index >= 15 is 0 Å². The number of carbonyl (C=O) groups is 3. The Hall–Kier alpha value is -4.37. The molecule has 1 heterocycles. The molecule has 6 rings (SSSR count). The van der Waals surface area contributed by atoms with Crippen molar-refractivity contribution in [3.63, 3.8) is 0 Å². The van der Waals surface area contributed by atoms with E-state index in [1.165, 1.54) is 36.2 Å². The number of ether oxygens (including phenoxy) is 3. The molecule has 1 N–H and O–H groups in total. The van der Waals surface area contributed by atoms with Gasteiger partial charge in [-0.25, -0.2) is 14.2 Å². The predicted molar refractivity (Wildman–Crippen MR) is 234 cm³/mol. The van der Waals surface area contributed by atoms with Crippen molar-refractivity contribution in [2.45, 2.75) is 121 Å². The van der Waals surface area contributed by atoms with Crippen molar-refractivity contribution in [3.8, 4) is 11.5 Å². The van der Waals surface area contributed by atoms with Crippen LogP contribution < -0.4 is 14.2 Å². The first-order valence-corrected chi connectivity index (χ1v) is 23.5. The summed E-state index contributed by atoms with van der Waals surface area (Å²) in [6.07, 6.45) is -0.214. The van der Waals surface area contributed by atoms with Crippen molar-refractivity contribution in [1.82, 2.24) is 9.88 Å². The van der Waals surface area contributed by atoms with E-state index in [0.29, 0.717) is 30.3 Å². The fraction of sp³-hybridized carbons (Fsp3) is 0.565. The number of nitrogens with zero attached hydrogens (tertiary/aromatic N) is 3. The second-order valence-electron chi connectivity index (χ2n) is 18.4. The van der Waals surface area contributed by atoms with Gasteiger partial charge in [0.05, 0.1) is 20.3 Å². The van der Waals surface area contributed by atoms with Crippen molar-refractivity contribution >= 4 is 43.1 Å². The van der Waals surface area contributed by atoms with E-state index in [2.05, 4.69) is 18.8 Å². The number of fused-ring (bicyclic) bond motifs is 3. The summed E-state index contributed by atoms with van der Waals surface area (Å²) < 4.78 is 84.6. The molecule has 3 aromatic rings. The van der Waals surface area contributed by atoms with Gasteiger partial charge < -0.3 is 23.6 Å². The number of anilines is 1. The number of esters is 1. The average Bonchev–Trinajstić information content (AvgIpc) is 3.50. The van der Waals surface area contributed by atoms with Crippen LogP contribution in [0.25, 0.3) is 0 Å². The van der Waals surface area contributed by atoms with E-state index in [0.717, 1.165) is 54.5 Å². The molecule has 2 aromatic carbocycles. The highest BCUT2D eigenvalue weighted by Crippen LogP contribution is 2.58. The minimum absolute atomic E-state index is 0.00988. The molecular formula is C46H58ClF3N3O10P. The van der Waals surface area contributed by atoms with Gasteiger partial charge in [0.25, 0.3) is 0 Å². The van der Waals surface area contributed by atoms with Crippen LogP contribution in [-0.4, -0.2) is 84.0 Å². The molecule has 4 atom stereocenters. The van der Waals surface area contributed by atoms with Crippen LogP contribution >= 0.6 is 19.4 Å². The molecular weight excluding hydrogens is 878 g/mol. The quantitative estimate of drug-likeness (QED) is 0.121. The number of rotatable bonds is 14. The summed E-state index contributed by atoms with van der Waals surface area (Å²) in [6.45, 7) is 9.35. The fourth-order valence-electron chi connectivity index (χ4n) is 9.78.